The standard InChI is InChI=1S/C23H42N2O4S/c1-17(2)10-8-11-18(3)12-9-13-19(4)14-15-30-16-20(21(26)25-28)24-22(27)29-23(5,6)7/h10,12,14,20-21,25-26,28H,8-9,11,13,15-16H2,1-7H3,(H,24,27). The first-order chi connectivity index (χ1) is 13.9. The van der Waals surface area contributed by atoms with Gasteiger partial charge in [0, 0.05) is 11.5 Å². The molecule has 0 aliphatic carbocycles. The Bertz CT molecular complexity index is 591. The molecule has 0 heterocycles. The van der Waals surface area contributed by atoms with Crippen LogP contribution in [0.15, 0.2) is 34.9 Å². The van der Waals surface area contributed by atoms with E-state index >= 15 is 0 Å². The van der Waals surface area contributed by atoms with Crippen molar-refractivity contribution in [2.24, 2.45) is 0 Å². The van der Waals surface area contributed by atoms with E-state index in [1.54, 1.807) is 38.0 Å². The lowest BCUT2D eigenvalue weighted by Gasteiger charge is -2.25. The van der Waals surface area contributed by atoms with E-state index in [1.807, 2.05) is 0 Å². The zero-order valence-electron chi connectivity index (χ0n) is 19.7. The maximum Gasteiger partial charge on any atom is 0.408 e. The molecule has 0 saturated heterocycles. The Balaban J connectivity index is 4.35. The molecule has 174 valence electrons. The minimum Gasteiger partial charge on any atom is -0.444 e. The summed E-state index contributed by atoms with van der Waals surface area (Å²) >= 11 is 1.57. The third-order valence-electron chi connectivity index (χ3n) is 4.19. The van der Waals surface area contributed by atoms with Gasteiger partial charge in [0.05, 0.1) is 6.04 Å². The van der Waals surface area contributed by atoms with Crippen LogP contribution in [0, 0.1) is 0 Å². The molecule has 0 aliphatic rings. The van der Waals surface area contributed by atoms with Gasteiger partial charge in [0.2, 0.25) is 0 Å². The van der Waals surface area contributed by atoms with Crippen molar-refractivity contribution >= 4 is 17.9 Å². The Hall–Kier alpha value is -1.28. The highest BCUT2D eigenvalue weighted by Crippen LogP contribution is 2.14. The summed E-state index contributed by atoms with van der Waals surface area (Å²) < 4.78 is 5.21. The Morgan fingerprint density at radius 1 is 1.03 bits per heavy atom. The van der Waals surface area contributed by atoms with E-state index in [0.29, 0.717) is 5.75 Å². The monoisotopic (exact) mass is 442 g/mol. The van der Waals surface area contributed by atoms with Crippen molar-refractivity contribution in [1.29, 1.82) is 0 Å². The van der Waals surface area contributed by atoms with Crippen LogP contribution in [0.4, 0.5) is 4.79 Å². The van der Waals surface area contributed by atoms with Crippen molar-refractivity contribution in [3.05, 3.63) is 34.9 Å². The number of thioether (sulfide) groups is 1. The number of carbonyl (C=O) groups excluding carboxylic acids is 1. The molecule has 0 radical (unpaired) electrons. The predicted octanol–water partition coefficient (Wildman–Crippen LogP) is 5.33. The van der Waals surface area contributed by atoms with E-state index in [-0.39, 0.29) is 0 Å². The van der Waals surface area contributed by atoms with Crippen LogP contribution in [-0.4, -0.2) is 45.8 Å². The van der Waals surface area contributed by atoms with Gasteiger partial charge in [-0.3, -0.25) is 0 Å². The molecule has 0 aromatic rings. The van der Waals surface area contributed by atoms with Crippen molar-refractivity contribution < 1.29 is 19.8 Å². The first-order valence-corrected chi connectivity index (χ1v) is 11.7. The van der Waals surface area contributed by atoms with E-state index in [4.69, 9.17) is 9.94 Å². The molecule has 1 amide bonds. The summed E-state index contributed by atoms with van der Waals surface area (Å²) in [6.07, 6.45) is 9.11. The number of hydrogen-bond donors (Lipinski definition) is 4. The number of hydroxylamine groups is 1. The molecule has 0 aromatic carbocycles. The van der Waals surface area contributed by atoms with E-state index in [9.17, 15) is 9.90 Å². The van der Waals surface area contributed by atoms with Crippen molar-refractivity contribution in [2.45, 2.75) is 92.0 Å². The van der Waals surface area contributed by atoms with Crippen LogP contribution in [0.3, 0.4) is 0 Å². The summed E-state index contributed by atoms with van der Waals surface area (Å²) in [5, 5.41) is 21.5. The van der Waals surface area contributed by atoms with Gasteiger partial charge >= 0.3 is 6.09 Å². The molecule has 0 rings (SSSR count). The quantitative estimate of drug-likeness (QED) is 0.133. The van der Waals surface area contributed by atoms with Crippen LogP contribution in [0.2, 0.25) is 0 Å². The maximum atomic E-state index is 11.9. The Labute approximate surface area is 187 Å². The minimum atomic E-state index is -1.27. The number of aliphatic hydroxyl groups excluding tert-OH is 1. The van der Waals surface area contributed by atoms with Crippen LogP contribution in [0.5, 0.6) is 0 Å². The summed E-state index contributed by atoms with van der Waals surface area (Å²) in [4.78, 5) is 11.9. The van der Waals surface area contributed by atoms with E-state index in [0.717, 1.165) is 31.4 Å². The molecular weight excluding hydrogens is 400 g/mol. The summed E-state index contributed by atoms with van der Waals surface area (Å²) in [5.74, 6) is 1.20. The average Bonchev–Trinajstić information content (AvgIpc) is 2.61. The Kier molecular flexibility index (Phi) is 14.8. The first-order valence-electron chi connectivity index (χ1n) is 10.5. The number of ether oxygens (including phenoxy) is 1. The van der Waals surface area contributed by atoms with Crippen LogP contribution in [-0.2, 0) is 4.74 Å². The van der Waals surface area contributed by atoms with Crippen LogP contribution in [0.25, 0.3) is 0 Å². The van der Waals surface area contributed by atoms with E-state index in [1.165, 1.54) is 16.7 Å². The molecule has 6 nitrogen and oxygen atoms in total. The normalized spacial score (nSPS) is 14.8. The molecular formula is C23H42N2O4S. The van der Waals surface area contributed by atoms with Crippen molar-refractivity contribution in [3.63, 3.8) is 0 Å². The van der Waals surface area contributed by atoms with Gasteiger partial charge in [0.1, 0.15) is 11.8 Å². The predicted molar refractivity (Wildman–Crippen MR) is 127 cm³/mol. The SMILES string of the molecule is CC(C)=CCCC(C)=CCCC(C)=CCSCC(NC(=O)OC(C)(C)C)C(O)NO. The lowest BCUT2D eigenvalue weighted by Crippen LogP contribution is -2.51. The lowest BCUT2D eigenvalue weighted by molar-refractivity contribution is -0.0194. The number of hydrogen-bond acceptors (Lipinski definition) is 6. The fourth-order valence-corrected chi connectivity index (χ4v) is 3.55. The number of nitrogens with one attached hydrogen (secondary N) is 2. The van der Waals surface area contributed by atoms with Crippen LogP contribution < -0.4 is 10.8 Å². The zero-order chi connectivity index (χ0) is 23.2. The second-order valence-corrected chi connectivity index (χ2v) is 9.90. The summed E-state index contributed by atoms with van der Waals surface area (Å²) in [6, 6.07) is -0.671. The third-order valence-corrected chi connectivity index (χ3v) is 5.18. The largest absolute Gasteiger partial charge is 0.444 e. The summed E-state index contributed by atoms with van der Waals surface area (Å²) in [6.45, 7) is 13.9. The van der Waals surface area contributed by atoms with Gasteiger partial charge in [0.15, 0.2) is 0 Å². The number of carbonyl (C=O) groups is 1. The highest BCUT2D eigenvalue weighted by atomic mass is 32.2. The number of rotatable bonds is 13. The molecule has 0 saturated carbocycles. The molecule has 0 aromatic heterocycles. The van der Waals surface area contributed by atoms with Gasteiger partial charge in [-0.15, -0.1) is 0 Å². The molecule has 0 aliphatic heterocycles. The van der Waals surface area contributed by atoms with Crippen LogP contribution >= 0.6 is 11.8 Å². The summed E-state index contributed by atoms with van der Waals surface area (Å²) in [5.41, 5.74) is 5.27. The second-order valence-electron chi connectivity index (χ2n) is 8.82. The lowest BCUT2D eigenvalue weighted by atomic mass is 10.1. The zero-order valence-corrected chi connectivity index (χ0v) is 20.6. The van der Waals surface area contributed by atoms with E-state index < -0.39 is 24.0 Å². The smallest absolute Gasteiger partial charge is 0.408 e. The first kappa shape index (κ1) is 28.7. The van der Waals surface area contributed by atoms with Crippen molar-refractivity contribution in [2.75, 3.05) is 11.5 Å². The van der Waals surface area contributed by atoms with Gasteiger partial charge in [-0.1, -0.05) is 34.9 Å². The second kappa shape index (κ2) is 15.5. The van der Waals surface area contributed by atoms with Gasteiger partial charge < -0.3 is 20.4 Å². The number of allylic oxidation sites excluding steroid dienone is 5. The van der Waals surface area contributed by atoms with Crippen molar-refractivity contribution in [3.8, 4) is 0 Å². The van der Waals surface area contributed by atoms with E-state index in [2.05, 4.69) is 51.2 Å². The fraction of sp³-hybridized carbons (Fsp3) is 0.696. The average molecular weight is 443 g/mol. The van der Waals surface area contributed by atoms with Gasteiger partial charge in [-0.05, 0) is 74.1 Å². The summed E-state index contributed by atoms with van der Waals surface area (Å²) in [7, 11) is 0. The number of aliphatic hydroxyl groups is 1. The number of alkyl carbamates (subject to hydrolysis) is 1. The molecule has 0 spiro atoms. The fourth-order valence-electron chi connectivity index (χ4n) is 2.50. The highest BCUT2D eigenvalue weighted by Gasteiger charge is 2.24. The molecule has 0 fully saturated rings. The highest BCUT2D eigenvalue weighted by molar-refractivity contribution is 7.99. The molecule has 2 atom stereocenters. The third kappa shape index (κ3) is 16.5. The van der Waals surface area contributed by atoms with Gasteiger partial charge in [0.25, 0.3) is 0 Å². The van der Waals surface area contributed by atoms with Gasteiger partial charge in [-0.2, -0.15) is 17.2 Å². The number of amides is 1. The van der Waals surface area contributed by atoms with Gasteiger partial charge in [-0.25, -0.2) is 4.79 Å². The van der Waals surface area contributed by atoms with Crippen molar-refractivity contribution in [1.82, 2.24) is 10.8 Å². The Morgan fingerprint density at radius 3 is 2.13 bits per heavy atom. The molecule has 2 unspecified atom stereocenters. The minimum absolute atomic E-state index is 0.432. The van der Waals surface area contributed by atoms with Crippen LogP contribution in [0.1, 0.15) is 74.1 Å². The molecule has 30 heavy (non-hydrogen) atoms. The maximum absolute atomic E-state index is 11.9. The Morgan fingerprint density at radius 2 is 1.60 bits per heavy atom. The molecule has 0 bridgehead atoms. The topological polar surface area (TPSA) is 90.8 Å². The molecule has 7 heteroatoms. The molecule has 4 N–H and O–H groups in total.